The second-order valence-corrected chi connectivity index (χ2v) is 4.48. The molecule has 0 atom stereocenters. The summed E-state index contributed by atoms with van der Waals surface area (Å²) in [5, 5.41) is 3.35. The van der Waals surface area contributed by atoms with Crippen molar-refractivity contribution < 1.29 is 9.15 Å². The van der Waals surface area contributed by atoms with Crippen molar-refractivity contribution in [1.29, 1.82) is 0 Å². The second-order valence-electron chi connectivity index (χ2n) is 4.48. The largest absolute Gasteiger partial charge is 0.444 e. The second kappa shape index (κ2) is 4.33. The Labute approximate surface area is 90.0 Å². The third kappa shape index (κ3) is 2.58. The van der Waals surface area contributed by atoms with Gasteiger partial charge in [0.25, 0.3) is 0 Å². The van der Waals surface area contributed by atoms with Crippen molar-refractivity contribution in [2.45, 2.75) is 26.8 Å². The van der Waals surface area contributed by atoms with E-state index in [-0.39, 0.29) is 0 Å². The van der Waals surface area contributed by atoms with Crippen LogP contribution < -0.4 is 5.32 Å². The number of hydrogen-bond acceptors (Lipinski definition) is 4. The normalized spacial score (nSPS) is 18.8. The van der Waals surface area contributed by atoms with Crippen molar-refractivity contribution in [3.05, 3.63) is 17.8 Å². The van der Waals surface area contributed by atoms with E-state index in [2.05, 4.69) is 24.1 Å². The predicted octanol–water partition coefficient (Wildman–Crippen LogP) is 1.36. The van der Waals surface area contributed by atoms with Gasteiger partial charge in [-0.25, -0.2) is 4.98 Å². The lowest BCUT2D eigenvalue weighted by molar-refractivity contribution is -0.0993. The van der Waals surface area contributed by atoms with Crippen LogP contribution in [-0.4, -0.2) is 24.7 Å². The van der Waals surface area contributed by atoms with Crippen molar-refractivity contribution >= 4 is 0 Å². The smallest absolute Gasteiger partial charge is 0.208 e. The Bertz CT molecular complexity index is 318. The molecule has 0 saturated carbocycles. The van der Waals surface area contributed by atoms with E-state index in [0.717, 1.165) is 37.8 Å². The molecular weight excluding hydrogens is 192 g/mol. The summed E-state index contributed by atoms with van der Waals surface area (Å²) in [6, 6.07) is 0. The molecule has 1 aliphatic heterocycles. The van der Waals surface area contributed by atoms with Crippen molar-refractivity contribution in [3.63, 3.8) is 0 Å². The molecule has 15 heavy (non-hydrogen) atoms. The predicted molar refractivity (Wildman–Crippen MR) is 56.5 cm³/mol. The van der Waals surface area contributed by atoms with Crippen LogP contribution in [0.1, 0.15) is 25.5 Å². The minimum absolute atomic E-state index is 0.306. The number of nitrogens with zero attached hydrogens (tertiary/aromatic N) is 1. The van der Waals surface area contributed by atoms with Gasteiger partial charge in [0.2, 0.25) is 5.89 Å². The summed E-state index contributed by atoms with van der Waals surface area (Å²) in [5.41, 5.74) is 0.306. The number of nitrogens with one attached hydrogen (secondary N) is 1. The number of rotatable bonds is 5. The fourth-order valence-corrected chi connectivity index (χ4v) is 1.62. The van der Waals surface area contributed by atoms with Crippen LogP contribution in [0.2, 0.25) is 0 Å². The highest BCUT2D eigenvalue weighted by atomic mass is 16.5. The molecule has 2 rings (SSSR count). The number of hydrogen-bond donors (Lipinski definition) is 1. The zero-order valence-corrected chi connectivity index (χ0v) is 9.38. The van der Waals surface area contributed by atoms with Crippen LogP contribution in [-0.2, 0) is 17.7 Å². The fourth-order valence-electron chi connectivity index (χ4n) is 1.62. The Balaban J connectivity index is 1.73. The van der Waals surface area contributed by atoms with E-state index in [0.29, 0.717) is 12.0 Å². The Hall–Kier alpha value is -0.870. The van der Waals surface area contributed by atoms with E-state index in [1.54, 1.807) is 6.20 Å². The number of aromatic nitrogens is 1. The Kier molecular flexibility index (Phi) is 3.07. The van der Waals surface area contributed by atoms with Crippen molar-refractivity contribution in [3.8, 4) is 0 Å². The van der Waals surface area contributed by atoms with Gasteiger partial charge in [-0.3, -0.25) is 0 Å². The first-order valence-electron chi connectivity index (χ1n) is 5.44. The van der Waals surface area contributed by atoms with E-state index in [9.17, 15) is 0 Å². The van der Waals surface area contributed by atoms with Gasteiger partial charge in [0.05, 0.1) is 26.0 Å². The summed E-state index contributed by atoms with van der Waals surface area (Å²) in [7, 11) is 0. The molecular formula is C11H18N2O2. The van der Waals surface area contributed by atoms with Crippen molar-refractivity contribution in [1.82, 2.24) is 10.3 Å². The number of aryl methyl sites for hydroxylation is 1. The molecule has 0 spiro atoms. The van der Waals surface area contributed by atoms with Gasteiger partial charge in [0.15, 0.2) is 0 Å². The van der Waals surface area contributed by atoms with Crippen molar-refractivity contribution in [2.24, 2.45) is 5.41 Å². The van der Waals surface area contributed by atoms with Gasteiger partial charge >= 0.3 is 0 Å². The highest BCUT2D eigenvalue weighted by molar-refractivity contribution is 4.93. The SMILES string of the molecule is CCc1cnc(CNCC2(C)COC2)o1. The summed E-state index contributed by atoms with van der Waals surface area (Å²) < 4.78 is 10.7. The molecule has 1 aromatic heterocycles. The van der Waals surface area contributed by atoms with Crippen LogP contribution in [0, 0.1) is 5.41 Å². The molecule has 0 aliphatic carbocycles. The van der Waals surface area contributed by atoms with Gasteiger partial charge in [-0.1, -0.05) is 13.8 Å². The Morgan fingerprint density at radius 1 is 1.53 bits per heavy atom. The summed E-state index contributed by atoms with van der Waals surface area (Å²) in [4.78, 5) is 4.19. The molecule has 0 bridgehead atoms. The topological polar surface area (TPSA) is 47.3 Å². The summed E-state index contributed by atoms with van der Waals surface area (Å²) >= 11 is 0. The first-order chi connectivity index (χ1) is 7.22. The van der Waals surface area contributed by atoms with Gasteiger partial charge in [0, 0.05) is 18.4 Å². The molecule has 4 heteroatoms. The quantitative estimate of drug-likeness (QED) is 0.797. The molecule has 2 heterocycles. The van der Waals surface area contributed by atoms with Crippen LogP contribution in [0.15, 0.2) is 10.6 Å². The van der Waals surface area contributed by atoms with Crippen LogP contribution in [0.3, 0.4) is 0 Å². The minimum atomic E-state index is 0.306. The molecule has 1 fully saturated rings. The summed E-state index contributed by atoms with van der Waals surface area (Å²) in [5.74, 6) is 1.72. The van der Waals surface area contributed by atoms with Crippen molar-refractivity contribution in [2.75, 3.05) is 19.8 Å². The molecule has 84 valence electrons. The lowest BCUT2D eigenvalue weighted by atomic mass is 9.89. The molecule has 1 aliphatic rings. The van der Waals surface area contributed by atoms with Gasteiger partial charge in [-0.2, -0.15) is 0 Å². The number of oxazole rings is 1. The van der Waals surface area contributed by atoms with E-state index >= 15 is 0 Å². The van der Waals surface area contributed by atoms with E-state index < -0.39 is 0 Å². The third-order valence-electron chi connectivity index (χ3n) is 2.68. The third-order valence-corrected chi connectivity index (χ3v) is 2.68. The fraction of sp³-hybridized carbons (Fsp3) is 0.727. The van der Waals surface area contributed by atoms with Gasteiger partial charge in [-0.05, 0) is 0 Å². The number of ether oxygens (including phenoxy) is 1. The van der Waals surface area contributed by atoms with Crippen LogP contribution in [0.5, 0.6) is 0 Å². The maximum Gasteiger partial charge on any atom is 0.208 e. The van der Waals surface area contributed by atoms with Gasteiger partial charge < -0.3 is 14.5 Å². The molecule has 0 unspecified atom stereocenters. The minimum Gasteiger partial charge on any atom is -0.444 e. The maximum atomic E-state index is 5.49. The maximum absolute atomic E-state index is 5.49. The summed E-state index contributed by atoms with van der Waals surface area (Å²) in [6.07, 6.45) is 2.70. The molecule has 0 aromatic carbocycles. The van der Waals surface area contributed by atoms with E-state index in [1.165, 1.54) is 0 Å². The zero-order chi connectivity index (χ0) is 10.7. The van der Waals surface area contributed by atoms with Crippen LogP contribution in [0.25, 0.3) is 0 Å². The molecule has 1 N–H and O–H groups in total. The first kappa shape index (κ1) is 10.6. The summed E-state index contributed by atoms with van der Waals surface area (Å²) in [6.45, 7) is 7.64. The lowest BCUT2D eigenvalue weighted by Crippen LogP contribution is -2.47. The van der Waals surface area contributed by atoms with E-state index in [1.807, 2.05) is 0 Å². The highest BCUT2D eigenvalue weighted by Gasteiger charge is 2.32. The Morgan fingerprint density at radius 2 is 2.33 bits per heavy atom. The monoisotopic (exact) mass is 210 g/mol. The van der Waals surface area contributed by atoms with Gasteiger partial charge in [0.1, 0.15) is 5.76 Å². The lowest BCUT2D eigenvalue weighted by Gasteiger charge is -2.38. The van der Waals surface area contributed by atoms with Crippen LogP contribution >= 0.6 is 0 Å². The van der Waals surface area contributed by atoms with Gasteiger partial charge in [-0.15, -0.1) is 0 Å². The van der Waals surface area contributed by atoms with Crippen LogP contribution in [0.4, 0.5) is 0 Å². The zero-order valence-electron chi connectivity index (χ0n) is 9.38. The molecule has 1 saturated heterocycles. The Morgan fingerprint density at radius 3 is 2.87 bits per heavy atom. The van der Waals surface area contributed by atoms with E-state index in [4.69, 9.17) is 9.15 Å². The standard InChI is InChI=1S/C11H18N2O2/c1-3-9-4-13-10(15-9)5-12-6-11(2)7-14-8-11/h4,12H,3,5-8H2,1-2H3. The molecule has 1 aromatic rings. The molecule has 0 amide bonds. The first-order valence-corrected chi connectivity index (χ1v) is 5.44. The average molecular weight is 210 g/mol. The molecule has 4 nitrogen and oxygen atoms in total. The highest BCUT2D eigenvalue weighted by Crippen LogP contribution is 2.25. The molecule has 0 radical (unpaired) electrons. The average Bonchev–Trinajstić information content (AvgIpc) is 2.63.